The average Bonchev–Trinajstić information content (AvgIpc) is 2.84. The molecule has 9 heteroatoms. The summed E-state index contributed by atoms with van der Waals surface area (Å²) in [6.07, 6.45) is 0.0726. The number of nitrogens with two attached hydrogens (primary N) is 1. The molecule has 35 heavy (non-hydrogen) atoms. The van der Waals surface area contributed by atoms with E-state index in [4.69, 9.17) is 22.1 Å². The summed E-state index contributed by atoms with van der Waals surface area (Å²) in [7, 11) is 0. The zero-order valence-electron chi connectivity index (χ0n) is 20.0. The molecule has 0 aliphatic heterocycles. The number of hydrazine groups is 1. The van der Waals surface area contributed by atoms with Crippen molar-refractivity contribution in [3.8, 4) is 0 Å². The molecule has 0 aliphatic carbocycles. The summed E-state index contributed by atoms with van der Waals surface area (Å²) in [4.78, 5) is 50.0. The first-order chi connectivity index (χ1) is 16.7. The Morgan fingerprint density at radius 3 is 2.17 bits per heavy atom. The average molecular weight is 502 g/mol. The van der Waals surface area contributed by atoms with Crippen LogP contribution >= 0.6 is 11.6 Å². The van der Waals surface area contributed by atoms with Crippen LogP contribution in [0, 0.1) is 11.8 Å². The molecule has 3 N–H and O–H groups in total. The standard InChI is InChI=1S/C26H32ClN3O5/c1-18(2)15-21(16-23(32)35-17-19-9-5-3-6-10-19)25(33)29-30(14-13-22(28)31)26(34)24(27)20-11-7-4-8-12-20/h3-12,18,21,24H,13-17H2,1-2H3,(H2,28,31)(H,29,33)/t21-,24?/m1/s1. The van der Waals surface area contributed by atoms with Crippen molar-refractivity contribution in [2.24, 2.45) is 17.6 Å². The molecule has 0 aromatic heterocycles. The summed E-state index contributed by atoms with van der Waals surface area (Å²) >= 11 is 6.37. The fourth-order valence-corrected chi connectivity index (χ4v) is 3.68. The summed E-state index contributed by atoms with van der Waals surface area (Å²) in [5, 5.41) is -0.0795. The molecule has 3 amide bonds. The van der Waals surface area contributed by atoms with Crippen LogP contribution in [0.25, 0.3) is 0 Å². The highest BCUT2D eigenvalue weighted by atomic mass is 35.5. The molecule has 0 spiro atoms. The lowest BCUT2D eigenvalue weighted by Crippen LogP contribution is -2.50. The molecular weight excluding hydrogens is 470 g/mol. The van der Waals surface area contributed by atoms with Gasteiger partial charge in [0.05, 0.1) is 18.9 Å². The number of carbonyl (C=O) groups is 4. The van der Waals surface area contributed by atoms with Gasteiger partial charge in [0.25, 0.3) is 5.91 Å². The van der Waals surface area contributed by atoms with Crippen LogP contribution in [0.15, 0.2) is 60.7 Å². The lowest BCUT2D eigenvalue weighted by Gasteiger charge is -2.28. The predicted octanol–water partition coefficient (Wildman–Crippen LogP) is 3.50. The fraction of sp³-hybridized carbons (Fsp3) is 0.385. The van der Waals surface area contributed by atoms with E-state index in [2.05, 4.69) is 5.43 Å². The van der Waals surface area contributed by atoms with Crippen LogP contribution in [0.5, 0.6) is 0 Å². The Bertz CT molecular complexity index is 985. The van der Waals surface area contributed by atoms with Gasteiger partial charge >= 0.3 is 5.97 Å². The van der Waals surface area contributed by atoms with Gasteiger partial charge in [-0.05, 0) is 23.5 Å². The third-order valence-corrected chi connectivity index (χ3v) is 5.62. The van der Waals surface area contributed by atoms with Gasteiger partial charge < -0.3 is 10.5 Å². The topological polar surface area (TPSA) is 119 Å². The Balaban J connectivity index is 2.09. The molecule has 0 saturated heterocycles. The molecule has 0 aliphatic rings. The number of rotatable bonds is 12. The number of alkyl halides is 1. The minimum absolute atomic E-state index is 0.101. The fourth-order valence-electron chi connectivity index (χ4n) is 3.42. The quantitative estimate of drug-likeness (QED) is 0.262. The second-order valence-electron chi connectivity index (χ2n) is 8.63. The third-order valence-electron chi connectivity index (χ3n) is 5.18. The van der Waals surface area contributed by atoms with Crippen molar-refractivity contribution in [1.82, 2.24) is 10.4 Å². The van der Waals surface area contributed by atoms with Gasteiger partial charge in [-0.2, -0.15) is 0 Å². The number of carbonyl (C=O) groups excluding carboxylic acids is 4. The van der Waals surface area contributed by atoms with Crippen LogP contribution in [0.4, 0.5) is 0 Å². The Hall–Kier alpha value is -3.39. The summed E-state index contributed by atoms with van der Waals surface area (Å²) < 4.78 is 5.34. The molecule has 188 valence electrons. The Kier molecular flexibility index (Phi) is 11.2. The predicted molar refractivity (Wildman–Crippen MR) is 133 cm³/mol. The number of ether oxygens (including phenoxy) is 1. The molecule has 0 saturated carbocycles. The second kappa shape index (κ2) is 14.1. The molecule has 2 aromatic carbocycles. The van der Waals surface area contributed by atoms with E-state index >= 15 is 0 Å². The summed E-state index contributed by atoms with van der Waals surface area (Å²) in [6.45, 7) is 3.80. The maximum absolute atomic E-state index is 13.1. The number of halogens is 1. The van der Waals surface area contributed by atoms with Gasteiger partial charge in [0.2, 0.25) is 11.8 Å². The van der Waals surface area contributed by atoms with Crippen molar-refractivity contribution in [1.29, 1.82) is 0 Å². The van der Waals surface area contributed by atoms with Crippen LogP contribution in [-0.4, -0.2) is 35.2 Å². The lowest BCUT2D eigenvalue weighted by molar-refractivity contribution is -0.150. The molecular formula is C26H32ClN3O5. The number of benzene rings is 2. The highest BCUT2D eigenvalue weighted by molar-refractivity contribution is 6.30. The summed E-state index contributed by atoms with van der Waals surface area (Å²) in [5.41, 5.74) is 9.18. The SMILES string of the molecule is CC(C)C[C@H](CC(=O)OCc1ccccc1)C(=O)NN(CCC(N)=O)C(=O)C(Cl)c1ccccc1. The zero-order valence-corrected chi connectivity index (χ0v) is 20.7. The molecule has 8 nitrogen and oxygen atoms in total. The first kappa shape index (κ1) is 27.9. The van der Waals surface area contributed by atoms with E-state index in [1.54, 1.807) is 30.3 Å². The van der Waals surface area contributed by atoms with Crippen LogP contribution < -0.4 is 11.2 Å². The normalized spacial score (nSPS) is 12.5. The van der Waals surface area contributed by atoms with Crippen LogP contribution in [0.1, 0.15) is 49.6 Å². The van der Waals surface area contributed by atoms with Crippen LogP contribution in [0.3, 0.4) is 0 Å². The van der Waals surface area contributed by atoms with Crippen molar-refractivity contribution in [3.05, 3.63) is 71.8 Å². The van der Waals surface area contributed by atoms with Gasteiger partial charge in [-0.15, -0.1) is 11.6 Å². The summed E-state index contributed by atoms with van der Waals surface area (Å²) in [6, 6.07) is 17.9. The van der Waals surface area contributed by atoms with Gasteiger partial charge in [0, 0.05) is 6.42 Å². The van der Waals surface area contributed by atoms with Gasteiger partial charge in [0.1, 0.15) is 12.0 Å². The number of esters is 1. The molecule has 0 radical (unpaired) electrons. The Morgan fingerprint density at radius 1 is 1.00 bits per heavy atom. The minimum atomic E-state index is -1.08. The second-order valence-corrected chi connectivity index (χ2v) is 9.07. The number of amides is 3. The summed E-state index contributed by atoms with van der Waals surface area (Å²) in [5.74, 6) is -2.94. The molecule has 1 unspecified atom stereocenters. The highest BCUT2D eigenvalue weighted by Crippen LogP contribution is 2.23. The lowest BCUT2D eigenvalue weighted by atomic mass is 9.93. The van der Waals surface area contributed by atoms with Gasteiger partial charge in [-0.1, -0.05) is 74.5 Å². The number of hydrogen-bond donors (Lipinski definition) is 2. The number of nitrogens with one attached hydrogen (secondary N) is 1. The van der Waals surface area contributed by atoms with E-state index < -0.39 is 35.0 Å². The minimum Gasteiger partial charge on any atom is -0.461 e. The Labute approximate surface area is 210 Å². The maximum atomic E-state index is 13.1. The first-order valence-electron chi connectivity index (χ1n) is 11.5. The molecule has 0 fully saturated rings. The smallest absolute Gasteiger partial charge is 0.306 e. The van der Waals surface area contributed by atoms with Crippen molar-refractivity contribution in [2.45, 2.75) is 45.1 Å². The zero-order chi connectivity index (χ0) is 25.8. The van der Waals surface area contributed by atoms with E-state index in [0.717, 1.165) is 10.6 Å². The van der Waals surface area contributed by atoms with Crippen molar-refractivity contribution in [3.63, 3.8) is 0 Å². The Morgan fingerprint density at radius 2 is 1.60 bits per heavy atom. The van der Waals surface area contributed by atoms with Gasteiger partial charge in [-0.25, -0.2) is 0 Å². The van der Waals surface area contributed by atoms with E-state index in [0.29, 0.717) is 12.0 Å². The number of primary amides is 1. The maximum Gasteiger partial charge on any atom is 0.306 e. The third kappa shape index (κ3) is 9.78. The van der Waals surface area contributed by atoms with E-state index in [1.807, 2.05) is 44.2 Å². The van der Waals surface area contributed by atoms with Crippen LogP contribution in [0.2, 0.25) is 0 Å². The molecule has 0 bridgehead atoms. The van der Waals surface area contributed by atoms with Crippen molar-refractivity contribution in [2.75, 3.05) is 6.54 Å². The molecule has 2 rings (SSSR count). The van der Waals surface area contributed by atoms with Gasteiger partial charge in [-0.3, -0.25) is 29.6 Å². The van der Waals surface area contributed by atoms with E-state index in [-0.39, 0.29) is 31.9 Å². The van der Waals surface area contributed by atoms with Crippen molar-refractivity contribution >= 4 is 35.3 Å². The van der Waals surface area contributed by atoms with Crippen molar-refractivity contribution < 1.29 is 23.9 Å². The largest absolute Gasteiger partial charge is 0.461 e. The number of hydrogen-bond acceptors (Lipinski definition) is 5. The molecule has 2 aromatic rings. The highest BCUT2D eigenvalue weighted by Gasteiger charge is 2.30. The molecule has 2 atom stereocenters. The van der Waals surface area contributed by atoms with E-state index in [9.17, 15) is 19.2 Å². The monoisotopic (exact) mass is 501 g/mol. The van der Waals surface area contributed by atoms with Gasteiger partial charge in [0.15, 0.2) is 0 Å². The number of nitrogens with zero attached hydrogens (tertiary/aromatic N) is 1. The first-order valence-corrected chi connectivity index (χ1v) is 11.9. The van der Waals surface area contributed by atoms with E-state index in [1.165, 1.54) is 0 Å². The van der Waals surface area contributed by atoms with Crippen LogP contribution in [-0.2, 0) is 30.5 Å². The molecule has 0 heterocycles.